The van der Waals surface area contributed by atoms with E-state index in [2.05, 4.69) is 10.3 Å². The minimum absolute atomic E-state index is 0.262. The van der Waals surface area contributed by atoms with E-state index >= 15 is 0 Å². The predicted molar refractivity (Wildman–Crippen MR) is 67.7 cm³/mol. The minimum atomic E-state index is -0.413. The van der Waals surface area contributed by atoms with Gasteiger partial charge in [0, 0.05) is 23.8 Å². The van der Waals surface area contributed by atoms with Crippen LogP contribution in [0.15, 0.2) is 36.7 Å². The van der Waals surface area contributed by atoms with Gasteiger partial charge in [0.1, 0.15) is 5.82 Å². The molecule has 0 fully saturated rings. The summed E-state index contributed by atoms with van der Waals surface area (Å²) in [5.41, 5.74) is 7.15. The SMILES string of the molecule is Cc1ccc(NC(=O)c2cnccc2N)cc1F. The molecule has 0 saturated carbocycles. The number of halogens is 1. The van der Waals surface area contributed by atoms with Gasteiger partial charge in [-0.1, -0.05) is 6.07 Å². The summed E-state index contributed by atoms with van der Waals surface area (Å²) in [4.78, 5) is 15.7. The molecule has 92 valence electrons. The van der Waals surface area contributed by atoms with Crippen molar-refractivity contribution in [3.63, 3.8) is 0 Å². The van der Waals surface area contributed by atoms with E-state index in [9.17, 15) is 9.18 Å². The first-order valence-electron chi connectivity index (χ1n) is 5.35. The molecule has 0 spiro atoms. The fourth-order valence-corrected chi connectivity index (χ4v) is 1.46. The maximum absolute atomic E-state index is 13.3. The number of nitrogen functional groups attached to an aromatic ring is 1. The lowest BCUT2D eigenvalue weighted by Crippen LogP contribution is -2.14. The molecule has 0 radical (unpaired) electrons. The first-order valence-corrected chi connectivity index (χ1v) is 5.35. The van der Waals surface area contributed by atoms with E-state index < -0.39 is 5.91 Å². The lowest BCUT2D eigenvalue weighted by Gasteiger charge is -2.07. The third-order valence-corrected chi connectivity index (χ3v) is 2.53. The number of benzene rings is 1. The number of nitrogens with two attached hydrogens (primary N) is 1. The molecule has 0 unspecified atom stereocenters. The standard InChI is InChI=1S/C13H12FN3O/c1-8-2-3-9(6-11(8)14)17-13(18)10-7-16-5-4-12(10)15/h2-7H,1H3,(H2,15,16)(H,17,18). The zero-order valence-corrected chi connectivity index (χ0v) is 9.77. The van der Waals surface area contributed by atoms with E-state index in [1.807, 2.05) is 0 Å². The summed E-state index contributed by atoms with van der Waals surface area (Å²) in [5, 5.41) is 2.57. The number of carbonyl (C=O) groups excluding carboxylic acids is 1. The Morgan fingerprint density at radius 2 is 2.17 bits per heavy atom. The second-order valence-electron chi connectivity index (χ2n) is 3.88. The van der Waals surface area contributed by atoms with Gasteiger partial charge in [0.05, 0.1) is 5.56 Å². The van der Waals surface area contributed by atoms with Gasteiger partial charge in [0.2, 0.25) is 0 Å². The first kappa shape index (κ1) is 12.0. The number of nitrogens with one attached hydrogen (secondary N) is 1. The average Bonchev–Trinajstić information content (AvgIpc) is 2.34. The monoisotopic (exact) mass is 245 g/mol. The summed E-state index contributed by atoms with van der Waals surface area (Å²) >= 11 is 0. The van der Waals surface area contributed by atoms with Crippen LogP contribution in [0.4, 0.5) is 15.8 Å². The van der Waals surface area contributed by atoms with Gasteiger partial charge >= 0.3 is 0 Å². The number of carbonyl (C=O) groups is 1. The molecule has 0 aliphatic heterocycles. The molecular weight excluding hydrogens is 233 g/mol. The molecule has 0 bridgehead atoms. The quantitative estimate of drug-likeness (QED) is 0.853. The third-order valence-electron chi connectivity index (χ3n) is 2.53. The van der Waals surface area contributed by atoms with Gasteiger partial charge in [-0.3, -0.25) is 9.78 Å². The van der Waals surface area contributed by atoms with E-state index in [-0.39, 0.29) is 11.4 Å². The number of rotatable bonds is 2. The van der Waals surface area contributed by atoms with Crippen molar-refractivity contribution < 1.29 is 9.18 Å². The molecule has 2 aromatic rings. The largest absolute Gasteiger partial charge is 0.398 e. The Balaban J connectivity index is 2.22. The fourth-order valence-electron chi connectivity index (χ4n) is 1.46. The molecular formula is C13H12FN3O. The number of pyridine rings is 1. The maximum Gasteiger partial charge on any atom is 0.259 e. The topological polar surface area (TPSA) is 68.0 Å². The van der Waals surface area contributed by atoms with Crippen LogP contribution in [-0.4, -0.2) is 10.9 Å². The Kier molecular flexibility index (Phi) is 3.23. The van der Waals surface area contributed by atoms with E-state index in [0.29, 0.717) is 16.9 Å². The molecule has 1 aromatic heterocycles. The number of aryl methyl sites for hydroxylation is 1. The van der Waals surface area contributed by atoms with Crippen LogP contribution in [0.3, 0.4) is 0 Å². The van der Waals surface area contributed by atoms with Crippen LogP contribution in [0, 0.1) is 12.7 Å². The molecule has 18 heavy (non-hydrogen) atoms. The predicted octanol–water partition coefficient (Wildman–Crippen LogP) is 2.36. The molecule has 0 atom stereocenters. The Bertz CT molecular complexity index is 599. The summed E-state index contributed by atoms with van der Waals surface area (Å²) in [6.45, 7) is 1.65. The van der Waals surface area contributed by atoms with Crippen LogP contribution >= 0.6 is 0 Å². The molecule has 0 aliphatic carbocycles. The summed E-state index contributed by atoms with van der Waals surface area (Å²) in [6, 6.07) is 6.02. The van der Waals surface area contributed by atoms with Crippen LogP contribution in [0.25, 0.3) is 0 Å². The van der Waals surface area contributed by atoms with Crippen LogP contribution in [0.2, 0.25) is 0 Å². The zero-order valence-electron chi connectivity index (χ0n) is 9.77. The number of hydrogen-bond donors (Lipinski definition) is 2. The first-order chi connectivity index (χ1) is 8.58. The van der Waals surface area contributed by atoms with Crippen molar-refractivity contribution in [2.45, 2.75) is 6.92 Å². The molecule has 4 nitrogen and oxygen atoms in total. The van der Waals surface area contributed by atoms with Crippen molar-refractivity contribution in [1.29, 1.82) is 0 Å². The number of aromatic nitrogens is 1. The molecule has 5 heteroatoms. The van der Waals surface area contributed by atoms with Crippen LogP contribution in [-0.2, 0) is 0 Å². The van der Waals surface area contributed by atoms with E-state index in [0.717, 1.165) is 0 Å². The Labute approximate surface area is 104 Å². The lowest BCUT2D eigenvalue weighted by atomic mass is 10.2. The van der Waals surface area contributed by atoms with Crippen LogP contribution in [0.5, 0.6) is 0 Å². The third kappa shape index (κ3) is 2.45. The molecule has 2 rings (SSSR count). The van der Waals surface area contributed by atoms with Gasteiger partial charge in [-0.25, -0.2) is 4.39 Å². The number of nitrogens with zero attached hydrogens (tertiary/aromatic N) is 1. The number of anilines is 2. The Morgan fingerprint density at radius 3 is 2.83 bits per heavy atom. The van der Waals surface area contributed by atoms with E-state index in [4.69, 9.17) is 5.73 Å². The van der Waals surface area contributed by atoms with Gasteiger partial charge in [0.15, 0.2) is 0 Å². The maximum atomic E-state index is 13.3. The van der Waals surface area contributed by atoms with Crippen molar-refractivity contribution in [3.8, 4) is 0 Å². The Hall–Kier alpha value is -2.43. The normalized spacial score (nSPS) is 10.1. The van der Waals surface area contributed by atoms with Crippen molar-refractivity contribution in [2.75, 3.05) is 11.1 Å². The molecule has 3 N–H and O–H groups in total. The van der Waals surface area contributed by atoms with Gasteiger partial charge < -0.3 is 11.1 Å². The minimum Gasteiger partial charge on any atom is -0.398 e. The highest BCUT2D eigenvalue weighted by Crippen LogP contribution is 2.16. The van der Waals surface area contributed by atoms with Gasteiger partial charge in [-0.15, -0.1) is 0 Å². The highest BCUT2D eigenvalue weighted by Gasteiger charge is 2.10. The highest BCUT2D eigenvalue weighted by atomic mass is 19.1. The van der Waals surface area contributed by atoms with Crippen molar-refractivity contribution in [3.05, 3.63) is 53.6 Å². The summed E-state index contributed by atoms with van der Waals surface area (Å²) in [6.07, 6.45) is 2.87. The molecule has 1 amide bonds. The average molecular weight is 245 g/mol. The van der Waals surface area contributed by atoms with E-state index in [1.54, 1.807) is 19.1 Å². The molecule has 0 aliphatic rings. The van der Waals surface area contributed by atoms with Crippen LogP contribution in [0.1, 0.15) is 15.9 Å². The lowest BCUT2D eigenvalue weighted by molar-refractivity contribution is 0.102. The Morgan fingerprint density at radius 1 is 1.39 bits per heavy atom. The molecule has 1 aromatic carbocycles. The highest BCUT2D eigenvalue weighted by molar-refractivity contribution is 6.07. The number of hydrogen-bond acceptors (Lipinski definition) is 3. The second kappa shape index (κ2) is 4.83. The second-order valence-corrected chi connectivity index (χ2v) is 3.88. The van der Waals surface area contributed by atoms with Gasteiger partial charge in [-0.2, -0.15) is 0 Å². The van der Waals surface area contributed by atoms with Gasteiger partial charge in [0.25, 0.3) is 5.91 Å². The molecule has 0 saturated heterocycles. The van der Waals surface area contributed by atoms with Gasteiger partial charge in [-0.05, 0) is 30.7 Å². The van der Waals surface area contributed by atoms with E-state index in [1.165, 1.54) is 24.5 Å². The van der Waals surface area contributed by atoms with Crippen molar-refractivity contribution in [1.82, 2.24) is 4.98 Å². The molecule has 1 heterocycles. The summed E-state index contributed by atoms with van der Waals surface area (Å²) < 4.78 is 13.3. The summed E-state index contributed by atoms with van der Waals surface area (Å²) in [5.74, 6) is -0.782. The van der Waals surface area contributed by atoms with Crippen molar-refractivity contribution >= 4 is 17.3 Å². The smallest absolute Gasteiger partial charge is 0.259 e. The zero-order chi connectivity index (χ0) is 13.1. The van der Waals surface area contributed by atoms with Crippen LogP contribution < -0.4 is 11.1 Å². The fraction of sp³-hybridized carbons (Fsp3) is 0.0769. The van der Waals surface area contributed by atoms with Crippen molar-refractivity contribution in [2.24, 2.45) is 0 Å². The summed E-state index contributed by atoms with van der Waals surface area (Å²) in [7, 11) is 0. The number of amides is 1.